The highest BCUT2D eigenvalue weighted by Crippen LogP contribution is 2.22. The van der Waals surface area contributed by atoms with E-state index in [1.54, 1.807) is 24.3 Å². The van der Waals surface area contributed by atoms with Gasteiger partial charge in [0.05, 0.1) is 5.88 Å². The monoisotopic (exact) mass is 441 g/mol. The number of carbonyl (C=O) groups excluding carboxylic acids is 2. The Balaban J connectivity index is 1.93. The number of likely N-dealkylation sites (tertiary alicyclic amines) is 1. The van der Waals surface area contributed by atoms with E-state index in [1.165, 1.54) is 0 Å². The van der Waals surface area contributed by atoms with Gasteiger partial charge in [-0.3, -0.25) is 4.79 Å². The molecule has 1 aromatic rings. The molecule has 1 atom stereocenters. The zero-order chi connectivity index (χ0) is 21.6. The van der Waals surface area contributed by atoms with Crippen molar-refractivity contribution in [1.82, 2.24) is 15.1 Å². The summed E-state index contributed by atoms with van der Waals surface area (Å²) < 4.78 is 5.26. The van der Waals surface area contributed by atoms with Crippen LogP contribution in [-0.4, -0.2) is 65.5 Å². The lowest BCUT2D eigenvalue weighted by molar-refractivity contribution is 0.0522. The molecule has 0 spiro atoms. The van der Waals surface area contributed by atoms with Crippen molar-refractivity contribution in [2.24, 2.45) is 0 Å². The first kappa shape index (κ1) is 23.4. The fraction of sp³-hybridized carbons (Fsp3) is 0.524. The molecule has 2 rings (SSSR count). The largest absolute Gasteiger partial charge is 0.444 e. The van der Waals surface area contributed by atoms with Gasteiger partial charge in [-0.25, -0.2) is 4.79 Å². The minimum absolute atomic E-state index is 0.0208. The summed E-state index contributed by atoms with van der Waals surface area (Å²) in [5.74, 6) is 0.265. The van der Waals surface area contributed by atoms with Crippen molar-refractivity contribution in [3.05, 3.63) is 47.1 Å². The molecule has 29 heavy (non-hydrogen) atoms. The van der Waals surface area contributed by atoms with E-state index < -0.39 is 11.7 Å². The quantitative estimate of drug-likeness (QED) is 0.645. The molecule has 1 heterocycles. The van der Waals surface area contributed by atoms with Crippen molar-refractivity contribution < 1.29 is 14.3 Å². The topological polar surface area (TPSA) is 61.9 Å². The molecular formula is C21H29Cl2N3O3. The molecule has 0 bridgehead atoms. The molecule has 2 amide bonds. The minimum Gasteiger partial charge on any atom is -0.444 e. The van der Waals surface area contributed by atoms with Crippen LogP contribution >= 0.6 is 23.2 Å². The summed E-state index contributed by atoms with van der Waals surface area (Å²) in [5, 5.41) is 3.36. The Kier molecular flexibility index (Phi) is 8.23. The van der Waals surface area contributed by atoms with Crippen LogP contribution in [0.15, 0.2) is 36.5 Å². The van der Waals surface area contributed by atoms with Crippen molar-refractivity contribution in [1.29, 1.82) is 0 Å². The highest BCUT2D eigenvalue weighted by atomic mass is 35.5. The van der Waals surface area contributed by atoms with Crippen molar-refractivity contribution in [2.75, 3.05) is 32.1 Å². The summed E-state index contributed by atoms with van der Waals surface area (Å²) in [6.07, 6.45) is 0.349. The molecule has 160 valence electrons. The van der Waals surface area contributed by atoms with Gasteiger partial charge in [0.2, 0.25) is 0 Å². The molecule has 0 aliphatic carbocycles. The molecule has 0 saturated carbocycles. The van der Waals surface area contributed by atoms with Crippen LogP contribution in [0.3, 0.4) is 0 Å². The van der Waals surface area contributed by atoms with Crippen molar-refractivity contribution in [3.8, 4) is 0 Å². The molecule has 0 aromatic heterocycles. The molecule has 1 aromatic carbocycles. The maximum absolute atomic E-state index is 12.7. The van der Waals surface area contributed by atoms with Gasteiger partial charge in [-0.1, -0.05) is 18.2 Å². The minimum atomic E-state index is -0.544. The maximum atomic E-state index is 12.7. The van der Waals surface area contributed by atoms with Gasteiger partial charge < -0.3 is 19.9 Å². The van der Waals surface area contributed by atoms with Crippen LogP contribution in [0.25, 0.3) is 0 Å². The van der Waals surface area contributed by atoms with Crippen molar-refractivity contribution in [2.45, 2.75) is 38.8 Å². The van der Waals surface area contributed by atoms with Crippen molar-refractivity contribution in [3.63, 3.8) is 0 Å². The van der Waals surface area contributed by atoms with Gasteiger partial charge >= 0.3 is 6.09 Å². The Hall–Kier alpha value is -1.92. The SMILES string of the molecule is C=C(CCl)N(CCNC(=O)OC(C)(C)C)C1CCN(C(=O)c2ccc(Cl)cc2)C1. The number of hydrogen-bond acceptors (Lipinski definition) is 4. The highest BCUT2D eigenvalue weighted by Gasteiger charge is 2.31. The molecule has 0 radical (unpaired) electrons. The molecule has 1 fully saturated rings. The number of allylic oxidation sites excluding steroid dienone is 1. The van der Waals surface area contributed by atoms with Gasteiger partial charge in [0, 0.05) is 48.5 Å². The number of alkyl halides is 1. The fourth-order valence-corrected chi connectivity index (χ4v) is 3.50. The number of nitrogens with zero attached hydrogens (tertiary/aromatic N) is 2. The Labute approximate surface area is 182 Å². The summed E-state index contributed by atoms with van der Waals surface area (Å²) in [6, 6.07) is 6.99. The third-order valence-electron chi connectivity index (χ3n) is 4.56. The smallest absolute Gasteiger partial charge is 0.407 e. The number of ether oxygens (including phenoxy) is 1. The summed E-state index contributed by atoms with van der Waals surface area (Å²) in [6.45, 7) is 11.7. The molecule has 1 aliphatic heterocycles. The van der Waals surface area contributed by atoms with Gasteiger partial charge in [0.15, 0.2) is 0 Å². The van der Waals surface area contributed by atoms with Crippen LogP contribution in [0.1, 0.15) is 37.6 Å². The zero-order valence-corrected chi connectivity index (χ0v) is 18.7. The first-order valence-corrected chi connectivity index (χ1v) is 10.5. The van der Waals surface area contributed by atoms with Gasteiger partial charge in [-0.2, -0.15) is 0 Å². The lowest BCUT2D eigenvalue weighted by Crippen LogP contribution is -2.43. The van der Waals surface area contributed by atoms with Gasteiger partial charge in [0.1, 0.15) is 5.60 Å². The first-order chi connectivity index (χ1) is 13.6. The molecule has 1 unspecified atom stereocenters. The average molecular weight is 442 g/mol. The Morgan fingerprint density at radius 1 is 1.31 bits per heavy atom. The van der Waals surface area contributed by atoms with Gasteiger partial charge in [-0.15, -0.1) is 11.6 Å². The Morgan fingerprint density at radius 3 is 2.55 bits per heavy atom. The van der Waals surface area contributed by atoms with Crippen LogP contribution in [0.4, 0.5) is 4.79 Å². The number of amides is 2. The number of benzene rings is 1. The van der Waals surface area contributed by atoms with E-state index in [9.17, 15) is 9.59 Å². The van der Waals surface area contributed by atoms with Crippen LogP contribution in [0.2, 0.25) is 5.02 Å². The normalized spacial score (nSPS) is 16.4. The van der Waals surface area contributed by atoms with Crippen molar-refractivity contribution >= 4 is 35.2 Å². The number of alkyl carbamates (subject to hydrolysis) is 1. The number of hydrogen-bond donors (Lipinski definition) is 1. The van der Waals surface area contributed by atoms with Crippen LogP contribution < -0.4 is 5.32 Å². The van der Waals surface area contributed by atoms with E-state index in [1.807, 2.05) is 25.7 Å². The molecule has 1 saturated heterocycles. The summed E-state index contributed by atoms with van der Waals surface area (Å²) in [5.41, 5.74) is 0.838. The fourth-order valence-electron chi connectivity index (χ4n) is 3.22. The van der Waals surface area contributed by atoms with E-state index in [-0.39, 0.29) is 17.8 Å². The number of halogens is 2. The Bertz CT molecular complexity index is 732. The molecule has 6 nitrogen and oxygen atoms in total. The second kappa shape index (κ2) is 10.2. The lowest BCUT2D eigenvalue weighted by Gasteiger charge is -2.32. The summed E-state index contributed by atoms with van der Waals surface area (Å²) in [4.78, 5) is 28.5. The summed E-state index contributed by atoms with van der Waals surface area (Å²) in [7, 11) is 0. The third-order valence-corrected chi connectivity index (χ3v) is 5.12. The second-order valence-electron chi connectivity index (χ2n) is 8.02. The van der Waals surface area contributed by atoms with E-state index in [0.717, 1.165) is 12.1 Å². The second-order valence-corrected chi connectivity index (χ2v) is 8.73. The number of rotatable bonds is 7. The van der Waals surface area contributed by atoms with E-state index in [2.05, 4.69) is 16.8 Å². The van der Waals surface area contributed by atoms with Crippen LogP contribution in [0.5, 0.6) is 0 Å². The third kappa shape index (κ3) is 7.12. The van der Waals surface area contributed by atoms with Crippen LogP contribution in [0, 0.1) is 0 Å². The molecule has 1 N–H and O–H groups in total. The van der Waals surface area contributed by atoms with E-state index in [4.69, 9.17) is 27.9 Å². The predicted molar refractivity (Wildman–Crippen MR) is 117 cm³/mol. The number of carbonyl (C=O) groups is 2. The molecule has 8 heteroatoms. The standard InChI is InChI=1S/C21H29Cl2N3O3/c1-15(13-22)26(12-10-24-20(28)29-21(2,3)4)18-9-11-25(14-18)19(27)16-5-7-17(23)8-6-16/h5-8,18H,1,9-14H2,2-4H3,(H,24,28). The molecule has 1 aliphatic rings. The number of nitrogens with one attached hydrogen (secondary N) is 1. The first-order valence-electron chi connectivity index (χ1n) is 9.63. The van der Waals surface area contributed by atoms with E-state index >= 15 is 0 Å². The van der Waals surface area contributed by atoms with Gasteiger partial charge in [0.25, 0.3) is 5.91 Å². The van der Waals surface area contributed by atoms with E-state index in [0.29, 0.717) is 36.8 Å². The predicted octanol–water partition coefficient (Wildman–Crippen LogP) is 4.13. The molecular weight excluding hydrogens is 413 g/mol. The average Bonchev–Trinajstić information content (AvgIpc) is 3.13. The van der Waals surface area contributed by atoms with Crippen LogP contribution in [-0.2, 0) is 4.74 Å². The lowest BCUT2D eigenvalue weighted by atomic mass is 10.2. The van der Waals surface area contributed by atoms with Gasteiger partial charge in [-0.05, 0) is 51.5 Å². The highest BCUT2D eigenvalue weighted by molar-refractivity contribution is 6.30. The Morgan fingerprint density at radius 2 is 1.97 bits per heavy atom. The zero-order valence-electron chi connectivity index (χ0n) is 17.2. The summed E-state index contributed by atoms with van der Waals surface area (Å²) >= 11 is 11.9. The maximum Gasteiger partial charge on any atom is 0.407 e.